The van der Waals surface area contributed by atoms with Gasteiger partial charge in [0.05, 0.1) is 5.69 Å². The minimum absolute atomic E-state index is 0.396. The summed E-state index contributed by atoms with van der Waals surface area (Å²) in [4.78, 5) is 9.42. The Bertz CT molecular complexity index is 621. The van der Waals surface area contributed by atoms with Crippen molar-refractivity contribution in [2.75, 3.05) is 10.6 Å². The van der Waals surface area contributed by atoms with Gasteiger partial charge in [-0.25, -0.2) is 4.98 Å². The van der Waals surface area contributed by atoms with Crippen LogP contribution in [-0.2, 0) is 0 Å². The zero-order chi connectivity index (χ0) is 16.1. The van der Waals surface area contributed by atoms with E-state index in [0.29, 0.717) is 12.1 Å². The third kappa shape index (κ3) is 4.21. The molecule has 1 aliphatic rings. The number of hydrogen-bond acceptors (Lipinski definition) is 4. The van der Waals surface area contributed by atoms with Crippen molar-refractivity contribution in [3.63, 3.8) is 0 Å². The number of nitrogens with one attached hydrogen (secondary N) is 2. The summed E-state index contributed by atoms with van der Waals surface area (Å²) in [5.41, 5.74) is 2.09. The van der Waals surface area contributed by atoms with E-state index in [1.807, 2.05) is 24.3 Å². The maximum atomic E-state index is 4.74. The Morgan fingerprint density at radius 2 is 1.87 bits per heavy atom. The van der Waals surface area contributed by atoms with Gasteiger partial charge in [0.2, 0.25) is 5.95 Å². The molecule has 1 fully saturated rings. The highest BCUT2D eigenvalue weighted by Crippen LogP contribution is 2.25. The smallest absolute Gasteiger partial charge is 0.225 e. The Labute approximate surface area is 138 Å². The van der Waals surface area contributed by atoms with Crippen LogP contribution >= 0.6 is 0 Å². The van der Waals surface area contributed by atoms with Crippen LogP contribution in [0.25, 0.3) is 11.3 Å². The fourth-order valence-electron chi connectivity index (χ4n) is 2.95. The SMILES string of the molecule is CCC(C)Nc1cc(-c2ccccc2)nc(NC2CCCC2)n1. The van der Waals surface area contributed by atoms with Gasteiger partial charge in [0.15, 0.2) is 0 Å². The lowest BCUT2D eigenvalue weighted by Gasteiger charge is -2.17. The summed E-state index contributed by atoms with van der Waals surface area (Å²) in [7, 11) is 0. The average Bonchev–Trinajstić information content (AvgIpc) is 3.08. The molecule has 0 spiro atoms. The van der Waals surface area contributed by atoms with Crippen LogP contribution in [0.1, 0.15) is 46.0 Å². The summed E-state index contributed by atoms with van der Waals surface area (Å²) in [6.07, 6.45) is 6.10. The molecule has 1 aromatic heterocycles. The molecule has 1 aliphatic carbocycles. The standard InChI is InChI=1S/C19H26N4/c1-3-14(2)20-18-13-17(15-9-5-4-6-10-15)22-19(23-18)21-16-11-7-8-12-16/h4-6,9-10,13-14,16H,3,7-8,11-12H2,1-2H3,(H2,20,21,22,23). The van der Waals surface area contributed by atoms with E-state index in [9.17, 15) is 0 Å². The van der Waals surface area contributed by atoms with E-state index in [4.69, 9.17) is 4.98 Å². The van der Waals surface area contributed by atoms with Gasteiger partial charge < -0.3 is 10.6 Å². The number of anilines is 2. The number of rotatable bonds is 6. The molecular formula is C19H26N4. The number of benzene rings is 1. The first-order chi connectivity index (χ1) is 11.2. The zero-order valence-electron chi connectivity index (χ0n) is 14.0. The third-order valence-electron chi connectivity index (χ3n) is 4.49. The van der Waals surface area contributed by atoms with Crippen LogP contribution in [0.15, 0.2) is 36.4 Å². The summed E-state index contributed by atoms with van der Waals surface area (Å²) in [6.45, 7) is 4.35. The molecule has 0 saturated heterocycles. The first-order valence-corrected chi connectivity index (χ1v) is 8.72. The van der Waals surface area contributed by atoms with Gasteiger partial charge in [0, 0.05) is 23.7 Å². The van der Waals surface area contributed by atoms with Crippen LogP contribution < -0.4 is 10.6 Å². The minimum atomic E-state index is 0.396. The Morgan fingerprint density at radius 3 is 2.57 bits per heavy atom. The Kier molecular flexibility index (Phi) is 5.11. The quantitative estimate of drug-likeness (QED) is 0.811. The fraction of sp³-hybridized carbons (Fsp3) is 0.474. The molecule has 0 bridgehead atoms. The monoisotopic (exact) mass is 310 g/mol. The average molecular weight is 310 g/mol. The molecule has 2 N–H and O–H groups in total. The molecule has 4 heteroatoms. The second-order valence-electron chi connectivity index (χ2n) is 6.41. The van der Waals surface area contributed by atoms with Crippen LogP contribution in [0, 0.1) is 0 Å². The molecule has 1 atom stereocenters. The molecule has 1 heterocycles. The van der Waals surface area contributed by atoms with Crippen LogP contribution in [0.4, 0.5) is 11.8 Å². The van der Waals surface area contributed by atoms with Crippen molar-refractivity contribution < 1.29 is 0 Å². The molecule has 4 nitrogen and oxygen atoms in total. The summed E-state index contributed by atoms with van der Waals surface area (Å²) in [5.74, 6) is 1.64. The van der Waals surface area contributed by atoms with Gasteiger partial charge in [-0.1, -0.05) is 50.1 Å². The summed E-state index contributed by atoms with van der Waals surface area (Å²) in [5, 5.41) is 7.00. The molecule has 3 rings (SSSR count). The highest BCUT2D eigenvalue weighted by Gasteiger charge is 2.17. The largest absolute Gasteiger partial charge is 0.367 e. The summed E-state index contributed by atoms with van der Waals surface area (Å²) >= 11 is 0. The molecule has 2 aromatic rings. The van der Waals surface area contributed by atoms with E-state index in [2.05, 4.69) is 41.6 Å². The normalized spacial score (nSPS) is 16.3. The topological polar surface area (TPSA) is 49.8 Å². The van der Waals surface area contributed by atoms with E-state index >= 15 is 0 Å². The van der Waals surface area contributed by atoms with Crippen molar-refractivity contribution >= 4 is 11.8 Å². The van der Waals surface area contributed by atoms with Crippen molar-refractivity contribution in [1.29, 1.82) is 0 Å². The predicted octanol–water partition coefficient (Wildman–Crippen LogP) is 4.71. The molecule has 0 radical (unpaired) electrons. The fourth-order valence-corrected chi connectivity index (χ4v) is 2.95. The lowest BCUT2D eigenvalue weighted by atomic mass is 10.1. The highest BCUT2D eigenvalue weighted by molar-refractivity contribution is 5.64. The second-order valence-corrected chi connectivity index (χ2v) is 6.41. The maximum Gasteiger partial charge on any atom is 0.225 e. The van der Waals surface area contributed by atoms with E-state index in [0.717, 1.165) is 29.4 Å². The Hall–Kier alpha value is -2.10. The number of aromatic nitrogens is 2. The van der Waals surface area contributed by atoms with E-state index < -0.39 is 0 Å². The van der Waals surface area contributed by atoms with Gasteiger partial charge in [-0.05, 0) is 26.2 Å². The summed E-state index contributed by atoms with van der Waals surface area (Å²) in [6, 6.07) is 13.3. The van der Waals surface area contributed by atoms with E-state index in [1.54, 1.807) is 0 Å². The Morgan fingerprint density at radius 1 is 1.13 bits per heavy atom. The van der Waals surface area contributed by atoms with Crippen LogP contribution in [0.5, 0.6) is 0 Å². The van der Waals surface area contributed by atoms with Gasteiger partial charge in [-0.3, -0.25) is 0 Å². The van der Waals surface area contributed by atoms with Gasteiger partial charge in [-0.15, -0.1) is 0 Å². The first kappa shape index (κ1) is 15.8. The van der Waals surface area contributed by atoms with E-state index in [-0.39, 0.29) is 0 Å². The number of hydrogen-bond donors (Lipinski definition) is 2. The lowest BCUT2D eigenvalue weighted by molar-refractivity contribution is 0.739. The molecule has 122 valence electrons. The van der Waals surface area contributed by atoms with Crippen LogP contribution in [0.2, 0.25) is 0 Å². The molecule has 1 aromatic carbocycles. The first-order valence-electron chi connectivity index (χ1n) is 8.72. The minimum Gasteiger partial charge on any atom is -0.367 e. The molecule has 1 saturated carbocycles. The van der Waals surface area contributed by atoms with Gasteiger partial charge in [0.1, 0.15) is 5.82 Å². The van der Waals surface area contributed by atoms with Crippen molar-refractivity contribution in [3.05, 3.63) is 36.4 Å². The molecule has 0 amide bonds. The maximum absolute atomic E-state index is 4.74. The molecular weight excluding hydrogens is 284 g/mol. The van der Waals surface area contributed by atoms with Crippen molar-refractivity contribution in [2.45, 2.75) is 58.0 Å². The zero-order valence-corrected chi connectivity index (χ0v) is 14.0. The molecule has 23 heavy (non-hydrogen) atoms. The van der Waals surface area contributed by atoms with E-state index in [1.165, 1.54) is 25.7 Å². The number of nitrogens with zero attached hydrogens (tertiary/aromatic N) is 2. The third-order valence-corrected chi connectivity index (χ3v) is 4.49. The van der Waals surface area contributed by atoms with Crippen molar-refractivity contribution in [3.8, 4) is 11.3 Å². The van der Waals surface area contributed by atoms with Gasteiger partial charge >= 0.3 is 0 Å². The summed E-state index contributed by atoms with van der Waals surface area (Å²) < 4.78 is 0. The molecule has 1 unspecified atom stereocenters. The van der Waals surface area contributed by atoms with Crippen molar-refractivity contribution in [1.82, 2.24) is 9.97 Å². The highest BCUT2D eigenvalue weighted by atomic mass is 15.2. The van der Waals surface area contributed by atoms with Crippen molar-refractivity contribution in [2.24, 2.45) is 0 Å². The van der Waals surface area contributed by atoms with Crippen LogP contribution in [0.3, 0.4) is 0 Å². The lowest BCUT2D eigenvalue weighted by Crippen LogP contribution is -2.19. The van der Waals surface area contributed by atoms with Gasteiger partial charge in [0.25, 0.3) is 0 Å². The van der Waals surface area contributed by atoms with Crippen LogP contribution in [-0.4, -0.2) is 22.1 Å². The predicted molar refractivity (Wildman–Crippen MR) is 96.7 cm³/mol. The Balaban J connectivity index is 1.89. The molecule has 0 aliphatic heterocycles. The van der Waals surface area contributed by atoms with Gasteiger partial charge in [-0.2, -0.15) is 4.98 Å². The second kappa shape index (κ2) is 7.44.